The van der Waals surface area contributed by atoms with Crippen molar-refractivity contribution in [1.29, 1.82) is 0 Å². The topological polar surface area (TPSA) is 67.9 Å². The highest BCUT2D eigenvalue weighted by atomic mass is 32.2. The lowest BCUT2D eigenvalue weighted by atomic mass is 10.1. The first-order chi connectivity index (χ1) is 7.38. The molecule has 1 aromatic rings. The van der Waals surface area contributed by atoms with E-state index in [9.17, 15) is 0 Å². The van der Waals surface area contributed by atoms with Crippen LogP contribution in [0.5, 0.6) is 0 Å². The zero-order chi connectivity index (χ0) is 12.3. The molecule has 1 aromatic heterocycles. The maximum atomic E-state index is 5.67. The molecule has 0 aromatic carbocycles. The molecule has 5 nitrogen and oxygen atoms in total. The molecule has 0 aliphatic carbocycles. The van der Waals surface area contributed by atoms with Crippen LogP contribution in [0.25, 0.3) is 0 Å². The summed E-state index contributed by atoms with van der Waals surface area (Å²) in [4.78, 5) is 14.7. The number of hydrogen-bond acceptors (Lipinski definition) is 6. The second-order valence-electron chi connectivity index (χ2n) is 4.40. The lowest BCUT2D eigenvalue weighted by molar-refractivity contribution is 0.500. The zero-order valence-corrected chi connectivity index (χ0v) is 11.3. The van der Waals surface area contributed by atoms with Crippen LogP contribution in [0.3, 0.4) is 0 Å². The third kappa shape index (κ3) is 2.98. The number of anilines is 2. The van der Waals surface area contributed by atoms with Crippen molar-refractivity contribution in [1.82, 2.24) is 15.0 Å². The van der Waals surface area contributed by atoms with E-state index in [1.807, 2.05) is 6.26 Å². The number of thioether (sulfide) groups is 1. The van der Waals surface area contributed by atoms with Gasteiger partial charge in [-0.25, -0.2) is 0 Å². The fourth-order valence-electron chi connectivity index (χ4n) is 1.49. The molecule has 0 spiro atoms. The van der Waals surface area contributed by atoms with Crippen LogP contribution in [-0.4, -0.2) is 33.3 Å². The minimum absolute atomic E-state index is 0.0295. The van der Waals surface area contributed by atoms with Crippen LogP contribution in [0.1, 0.15) is 27.7 Å². The second kappa shape index (κ2) is 4.86. The molecule has 0 aliphatic heterocycles. The van der Waals surface area contributed by atoms with Gasteiger partial charge in [-0.05, 0) is 34.0 Å². The van der Waals surface area contributed by atoms with Gasteiger partial charge >= 0.3 is 0 Å². The van der Waals surface area contributed by atoms with Gasteiger partial charge in [-0.2, -0.15) is 15.0 Å². The number of nitrogens with two attached hydrogens (primary N) is 1. The van der Waals surface area contributed by atoms with E-state index in [4.69, 9.17) is 5.73 Å². The summed E-state index contributed by atoms with van der Waals surface area (Å²) in [6, 6.07) is 0. The van der Waals surface area contributed by atoms with E-state index in [0.717, 1.165) is 6.54 Å². The van der Waals surface area contributed by atoms with E-state index in [1.54, 1.807) is 0 Å². The quantitative estimate of drug-likeness (QED) is 0.814. The van der Waals surface area contributed by atoms with Crippen molar-refractivity contribution in [2.45, 2.75) is 38.4 Å². The number of nitrogens with zero attached hydrogens (tertiary/aromatic N) is 4. The third-order valence-corrected chi connectivity index (χ3v) is 2.72. The average Bonchev–Trinajstić information content (AvgIpc) is 2.15. The van der Waals surface area contributed by atoms with E-state index < -0.39 is 0 Å². The molecule has 0 saturated carbocycles. The van der Waals surface area contributed by atoms with Gasteiger partial charge in [0, 0.05) is 12.1 Å². The predicted octanol–water partition coefficient (Wildman–Crippen LogP) is 1.80. The Morgan fingerprint density at radius 2 is 1.88 bits per heavy atom. The van der Waals surface area contributed by atoms with Gasteiger partial charge in [0.2, 0.25) is 11.9 Å². The molecule has 0 unspecified atom stereocenters. The van der Waals surface area contributed by atoms with E-state index in [-0.39, 0.29) is 11.5 Å². The number of nitrogen functional groups attached to an aromatic ring is 1. The molecule has 0 fully saturated rings. The average molecular weight is 241 g/mol. The fourth-order valence-corrected chi connectivity index (χ4v) is 1.85. The van der Waals surface area contributed by atoms with Gasteiger partial charge in [-0.15, -0.1) is 0 Å². The molecular formula is C10H19N5S. The highest BCUT2D eigenvalue weighted by Gasteiger charge is 2.23. The highest BCUT2D eigenvalue weighted by molar-refractivity contribution is 7.98. The smallest absolute Gasteiger partial charge is 0.231 e. The Balaban J connectivity index is 3.15. The van der Waals surface area contributed by atoms with Gasteiger partial charge in [0.15, 0.2) is 5.16 Å². The van der Waals surface area contributed by atoms with Crippen molar-refractivity contribution in [3.8, 4) is 0 Å². The van der Waals surface area contributed by atoms with Gasteiger partial charge in [0.05, 0.1) is 0 Å². The number of rotatable bonds is 3. The maximum Gasteiger partial charge on any atom is 0.231 e. The van der Waals surface area contributed by atoms with E-state index >= 15 is 0 Å². The minimum Gasteiger partial charge on any atom is -0.368 e. The summed E-state index contributed by atoms with van der Waals surface area (Å²) in [5.41, 5.74) is 5.64. The van der Waals surface area contributed by atoms with Gasteiger partial charge < -0.3 is 10.6 Å². The lowest BCUT2D eigenvalue weighted by Gasteiger charge is -2.34. The Kier molecular flexibility index (Phi) is 3.96. The zero-order valence-electron chi connectivity index (χ0n) is 10.5. The normalized spacial score (nSPS) is 11.6. The van der Waals surface area contributed by atoms with Crippen LogP contribution in [-0.2, 0) is 0 Å². The number of hydrogen-bond donors (Lipinski definition) is 1. The fraction of sp³-hybridized carbons (Fsp3) is 0.700. The summed E-state index contributed by atoms with van der Waals surface area (Å²) in [6.07, 6.45) is 1.92. The summed E-state index contributed by atoms with van der Waals surface area (Å²) in [7, 11) is 0. The molecule has 0 saturated heterocycles. The Bertz CT molecular complexity index is 361. The Hall–Kier alpha value is -1.04. The Labute approximate surface area is 101 Å². The lowest BCUT2D eigenvalue weighted by Crippen LogP contribution is -2.42. The predicted molar refractivity (Wildman–Crippen MR) is 68.8 cm³/mol. The highest BCUT2D eigenvalue weighted by Crippen LogP contribution is 2.21. The molecule has 0 aliphatic rings. The SMILES string of the molecule is CCN(c1nc(N)nc(SC)n1)C(C)(C)C. The summed E-state index contributed by atoms with van der Waals surface area (Å²) < 4.78 is 0. The van der Waals surface area contributed by atoms with E-state index in [2.05, 4.69) is 47.5 Å². The van der Waals surface area contributed by atoms with Gasteiger partial charge in [0.1, 0.15) is 0 Å². The molecular weight excluding hydrogens is 222 g/mol. The van der Waals surface area contributed by atoms with Crippen molar-refractivity contribution < 1.29 is 0 Å². The molecule has 1 rings (SSSR count). The first-order valence-corrected chi connectivity index (χ1v) is 6.44. The maximum absolute atomic E-state index is 5.67. The van der Waals surface area contributed by atoms with Crippen molar-refractivity contribution >= 4 is 23.7 Å². The van der Waals surface area contributed by atoms with Crippen molar-refractivity contribution in [2.24, 2.45) is 0 Å². The third-order valence-electron chi connectivity index (χ3n) is 2.17. The Morgan fingerprint density at radius 1 is 1.25 bits per heavy atom. The van der Waals surface area contributed by atoms with Gasteiger partial charge in [-0.3, -0.25) is 0 Å². The summed E-state index contributed by atoms with van der Waals surface area (Å²) in [5, 5.41) is 0.658. The largest absolute Gasteiger partial charge is 0.368 e. The molecule has 90 valence electrons. The monoisotopic (exact) mass is 241 g/mol. The summed E-state index contributed by atoms with van der Waals surface area (Å²) in [5.74, 6) is 0.920. The van der Waals surface area contributed by atoms with Crippen LogP contribution in [0, 0.1) is 0 Å². The molecule has 2 N–H and O–H groups in total. The van der Waals surface area contributed by atoms with Crippen LogP contribution in [0.15, 0.2) is 5.16 Å². The molecule has 0 bridgehead atoms. The van der Waals surface area contributed by atoms with Gasteiger partial charge in [-0.1, -0.05) is 11.8 Å². The van der Waals surface area contributed by atoms with Crippen molar-refractivity contribution in [2.75, 3.05) is 23.4 Å². The molecule has 0 atom stereocenters. The first kappa shape index (κ1) is 13.0. The van der Waals surface area contributed by atoms with Crippen LogP contribution in [0.2, 0.25) is 0 Å². The molecule has 0 radical (unpaired) electrons. The number of aromatic nitrogens is 3. The minimum atomic E-state index is -0.0295. The summed E-state index contributed by atoms with van der Waals surface area (Å²) in [6.45, 7) is 9.27. The van der Waals surface area contributed by atoms with Gasteiger partial charge in [0.25, 0.3) is 0 Å². The molecule has 6 heteroatoms. The van der Waals surface area contributed by atoms with Crippen molar-refractivity contribution in [3.63, 3.8) is 0 Å². The Morgan fingerprint density at radius 3 is 2.31 bits per heavy atom. The molecule has 0 amide bonds. The standard InChI is InChI=1S/C10H19N5S/c1-6-15(10(2,3)4)8-12-7(11)13-9(14-8)16-5/h6H2,1-5H3,(H2,11,12,13,14). The van der Waals surface area contributed by atoms with E-state index in [0.29, 0.717) is 11.1 Å². The molecule has 16 heavy (non-hydrogen) atoms. The van der Waals surface area contributed by atoms with Crippen molar-refractivity contribution in [3.05, 3.63) is 0 Å². The van der Waals surface area contributed by atoms with Crippen LogP contribution in [0.4, 0.5) is 11.9 Å². The van der Waals surface area contributed by atoms with E-state index in [1.165, 1.54) is 11.8 Å². The van der Waals surface area contributed by atoms with Crippen LogP contribution >= 0.6 is 11.8 Å². The first-order valence-electron chi connectivity index (χ1n) is 5.21. The summed E-state index contributed by atoms with van der Waals surface area (Å²) >= 11 is 1.47. The second-order valence-corrected chi connectivity index (χ2v) is 5.17. The van der Waals surface area contributed by atoms with Crippen LogP contribution < -0.4 is 10.6 Å². The molecule has 1 heterocycles.